The van der Waals surface area contributed by atoms with Crippen molar-refractivity contribution in [3.63, 3.8) is 0 Å². The largest absolute Gasteiger partial charge is 0.436 e. The summed E-state index contributed by atoms with van der Waals surface area (Å²) in [7, 11) is 0. The van der Waals surface area contributed by atoms with Crippen molar-refractivity contribution >= 4 is 82.1 Å². The monoisotopic (exact) mass is 690 g/mol. The second kappa shape index (κ2) is 11.1. The molecule has 0 unspecified atom stereocenters. The van der Waals surface area contributed by atoms with Crippen LogP contribution in [0.4, 0.5) is 5.69 Å². The smallest absolute Gasteiger partial charge is 0.344 e. The molecular formula is C35H20Br2N2O4. The van der Waals surface area contributed by atoms with Crippen LogP contribution in [0.2, 0.25) is 0 Å². The van der Waals surface area contributed by atoms with Crippen LogP contribution in [0.3, 0.4) is 0 Å². The van der Waals surface area contributed by atoms with Crippen LogP contribution >= 0.6 is 31.9 Å². The predicted molar refractivity (Wildman–Crippen MR) is 176 cm³/mol. The molecule has 1 heterocycles. The third-order valence-corrected chi connectivity index (χ3v) is 8.54. The quantitative estimate of drug-likeness (QED) is 0.144. The van der Waals surface area contributed by atoms with Crippen molar-refractivity contribution in [3.05, 3.63) is 135 Å². The first-order valence-corrected chi connectivity index (χ1v) is 14.9. The Labute approximate surface area is 262 Å². The summed E-state index contributed by atoms with van der Waals surface area (Å²) in [6.07, 6.45) is 0. The second-order valence-electron chi connectivity index (χ2n) is 9.85. The van der Waals surface area contributed by atoms with E-state index in [0.29, 0.717) is 39.6 Å². The van der Waals surface area contributed by atoms with Crippen LogP contribution in [0.5, 0.6) is 5.75 Å². The summed E-state index contributed by atoms with van der Waals surface area (Å²) in [5, 5.41) is 6.55. The summed E-state index contributed by atoms with van der Waals surface area (Å²) in [6.45, 7) is 0. The number of carbonyl (C=O) groups is 2. The molecule has 7 aromatic rings. The Morgan fingerprint density at radius 3 is 1.98 bits per heavy atom. The predicted octanol–water partition coefficient (Wildman–Crippen LogP) is 9.80. The molecule has 1 aromatic heterocycles. The first kappa shape index (κ1) is 27.1. The topological polar surface area (TPSA) is 81.4 Å². The molecule has 0 radical (unpaired) electrons. The minimum Gasteiger partial charge on any atom is -0.436 e. The minimum absolute atomic E-state index is 0.215. The lowest BCUT2D eigenvalue weighted by atomic mass is 10.0. The zero-order valence-corrected chi connectivity index (χ0v) is 25.5. The molecule has 7 rings (SSSR count). The van der Waals surface area contributed by atoms with E-state index in [-0.39, 0.29) is 5.91 Å². The Bertz CT molecular complexity index is 2210. The van der Waals surface area contributed by atoms with Gasteiger partial charge in [0.05, 0.1) is 5.56 Å². The number of rotatable bonds is 5. The molecule has 43 heavy (non-hydrogen) atoms. The highest BCUT2D eigenvalue weighted by molar-refractivity contribution is 9.11. The molecule has 0 aliphatic heterocycles. The number of aromatic nitrogens is 1. The molecule has 1 N–H and O–H groups in total. The van der Waals surface area contributed by atoms with Crippen molar-refractivity contribution in [2.24, 2.45) is 0 Å². The highest BCUT2D eigenvalue weighted by Gasteiger charge is 2.16. The van der Waals surface area contributed by atoms with Gasteiger partial charge in [0.2, 0.25) is 5.89 Å². The molecule has 208 valence electrons. The Balaban J connectivity index is 1.09. The fourth-order valence-corrected chi connectivity index (χ4v) is 6.07. The van der Waals surface area contributed by atoms with Gasteiger partial charge in [-0.15, -0.1) is 0 Å². The Kier molecular flexibility index (Phi) is 7.01. The van der Waals surface area contributed by atoms with Crippen LogP contribution in [-0.4, -0.2) is 16.9 Å². The number of ether oxygens (including phenoxy) is 1. The number of oxazole rings is 1. The van der Waals surface area contributed by atoms with E-state index in [9.17, 15) is 9.59 Å². The lowest BCUT2D eigenvalue weighted by Gasteiger charge is -2.09. The van der Waals surface area contributed by atoms with Crippen molar-refractivity contribution in [2.45, 2.75) is 0 Å². The zero-order valence-electron chi connectivity index (χ0n) is 22.3. The number of esters is 1. The first-order valence-electron chi connectivity index (χ1n) is 13.3. The minimum atomic E-state index is -0.441. The summed E-state index contributed by atoms with van der Waals surface area (Å²) < 4.78 is 13.5. The average molecular weight is 692 g/mol. The van der Waals surface area contributed by atoms with E-state index in [2.05, 4.69) is 42.2 Å². The molecule has 6 aromatic carbocycles. The molecule has 0 aliphatic rings. The maximum absolute atomic E-state index is 13.2. The molecule has 0 fully saturated rings. The van der Waals surface area contributed by atoms with Gasteiger partial charge >= 0.3 is 5.97 Å². The number of nitrogens with zero attached hydrogens (tertiary/aromatic N) is 1. The van der Waals surface area contributed by atoms with E-state index in [1.165, 1.54) is 0 Å². The maximum atomic E-state index is 13.2. The molecule has 1 amide bonds. The van der Waals surface area contributed by atoms with Crippen LogP contribution in [0, 0.1) is 0 Å². The molecule has 6 nitrogen and oxygen atoms in total. The zero-order chi connectivity index (χ0) is 29.5. The molecule has 0 atom stereocenters. The summed E-state index contributed by atoms with van der Waals surface area (Å²) in [4.78, 5) is 30.8. The van der Waals surface area contributed by atoms with Crippen LogP contribution in [0.25, 0.3) is 44.1 Å². The van der Waals surface area contributed by atoms with Gasteiger partial charge in [0, 0.05) is 25.8 Å². The molecular weight excluding hydrogens is 672 g/mol. The van der Waals surface area contributed by atoms with E-state index in [1.54, 1.807) is 54.6 Å². The number of carbonyl (C=O) groups excluding carboxylic acids is 2. The fourth-order valence-electron chi connectivity index (χ4n) is 5.07. The normalized spacial score (nSPS) is 11.2. The van der Waals surface area contributed by atoms with Gasteiger partial charge in [-0.3, -0.25) is 4.79 Å². The highest BCUT2D eigenvalue weighted by Crippen LogP contribution is 2.31. The Morgan fingerprint density at radius 2 is 1.28 bits per heavy atom. The molecule has 0 aliphatic carbocycles. The van der Waals surface area contributed by atoms with E-state index in [1.807, 2.05) is 60.7 Å². The lowest BCUT2D eigenvalue weighted by Crippen LogP contribution is -2.12. The van der Waals surface area contributed by atoms with Crippen molar-refractivity contribution in [2.75, 3.05) is 5.32 Å². The third kappa shape index (κ3) is 5.20. The van der Waals surface area contributed by atoms with Gasteiger partial charge in [-0.05, 0) is 88.3 Å². The third-order valence-electron chi connectivity index (χ3n) is 7.16. The standard InChI is InChI=1S/C35H20Br2N2O4/c36-29-11-3-5-23-25(29)7-1-9-27(23)33(40)38-21-15-18-32-31(19-21)39-34(43-32)20-13-16-22(17-14-20)42-35(41)28-10-2-8-26-24(28)6-4-12-30(26)37/h1-19H,(H,38,40). The number of nitrogens with one attached hydrogen (secondary N) is 1. The fraction of sp³-hybridized carbons (Fsp3) is 0. The first-order chi connectivity index (χ1) is 20.9. The molecule has 8 heteroatoms. The van der Waals surface area contributed by atoms with Crippen LogP contribution < -0.4 is 10.1 Å². The van der Waals surface area contributed by atoms with Crippen molar-refractivity contribution < 1.29 is 18.7 Å². The average Bonchev–Trinajstić information content (AvgIpc) is 3.45. The van der Waals surface area contributed by atoms with Gasteiger partial charge < -0.3 is 14.5 Å². The number of hydrogen-bond acceptors (Lipinski definition) is 5. The SMILES string of the molecule is O=C(Nc1ccc2oc(-c3ccc(OC(=O)c4cccc5c(Br)cccc45)cc3)nc2c1)c1cccc2c(Br)cccc12. The number of halogens is 2. The van der Waals surface area contributed by atoms with Crippen LogP contribution in [0.15, 0.2) is 129 Å². The van der Waals surface area contributed by atoms with Gasteiger partial charge in [-0.2, -0.15) is 0 Å². The van der Waals surface area contributed by atoms with Crippen molar-refractivity contribution in [1.82, 2.24) is 4.98 Å². The number of benzene rings is 6. The van der Waals surface area contributed by atoms with Gasteiger partial charge in [-0.1, -0.05) is 80.4 Å². The molecule has 0 saturated carbocycles. The van der Waals surface area contributed by atoms with Gasteiger partial charge in [0.1, 0.15) is 11.3 Å². The summed E-state index contributed by atoms with van der Waals surface area (Å²) in [5.74, 6) is 0.161. The van der Waals surface area contributed by atoms with Crippen molar-refractivity contribution in [1.29, 1.82) is 0 Å². The Morgan fingerprint density at radius 1 is 0.674 bits per heavy atom. The summed E-state index contributed by atoms with van der Waals surface area (Å²) >= 11 is 7.09. The Hall–Kier alpha value is -4.79. The van der Waals surface area contributed by atoms with E-state index in [0.717, 1.165) is 36.1 Å². The summed E-state index contributed by atoms with van der Waals surface area (Å²) in [6, 6.07) is 35.0. The van der Waals surface area contributed by atoms with Crippen LogP contribution in [0.1, 0.15) is 20.7 Å². The number of fused-ring (bicyclic) bond motifs is 3. The summed E-state index contributed by atoms with van der Waals surface area (Å²) in [5.41, 5.74) is 3.57. The van der Waals surface area contributed by atoms with Gasteiger partial charge in [0.15, 0.2) is 5.58 Å². The van der Waals surface area contributed by atoms with E-state index >= 15 is 0 Å². The molecule has 0 saturated heterocycles. The van der Waals surface area contributed by atoms with E-state index in [4.69, 9.17) is 9.15 Å². The number of amides is 1. The van der Waals surface area contributed by atoms with Crippen LogP contribution in [-0.2, 0) is 0 Å². The lowest BCUT2D eigenvalue weighted by molar-refractivity contribution is 0.0736. The van der Waals surface area contributed by atoms with Gasteiger partial charge in [-0.25, -0.2) is 9.78 Å². The maximum Gasteiger partial charge on any atom is 0.344 e. The number of hydrogen-bond donors (Lipinski definition) is 1. The second-order valence-corrected chi connectivity index (χ2v) is 11.6. The molecule has 0 spiro atoms. The molecule has 0 bridgehead atoms. The van der Waals surface area contributed by atoms with E-state index < -0.39 is 5.97 Å². The van der Waals surface area contributed by atoms with Crippen molar-refractivity contribution in [3.8, 4) is 17.2 Å². The van der Waals surface area contributed by atoms with Gasteiger partial charge in [0.25, 0.3) is 5.91 Å². The highest BCUT2D eigenvalue weighted by atomic mass is 79.9. The number of anilines is 1.